The number of hydrogen-bond donors (Lipinski definition) is 7. The van der Waals surface area contributed by atoms with E-state index in [0.29, 0.717) is 17.0 Å². The van der Waals surface area contributed by atoms with Gasteiger partial charge in [-0.1, -0.05) is 26.0 Å². The number of nitrogens with one attached hydrogen (secondary N) is 4. The number of sulfonamides is 5. The topological polar surface area (TPSA) is 443 Å². The zero-order valence-electron chi connectivity index (χ0n) is 56.0. The molecule has 0 bridgehead atoms. The van der Waals surface area contributed by atoms with Gasteiger partial charge in [0.2, 0.25) is 61.7 Å². The van der Waals surface area contributed by atoms with Crippen molar-refractivity contribution in [3.05, 3.63) is 204 Å². The van der Waals surface area contributed by atoms with Gasteiger partial charge in [-0.3, -0.25) is 29.2 Å². The molecule has 0 saturated carbocycles. The molecule has 108 heavy (non-hydrogen) atoms. The molecule has 11 rings (SSSR count). The Kier molecular flexibility index (Phi) is 27.7. The molecule has 46 heteroatoms. The summed E-state index contributed by atoms with van der Waals surface area (Å²) < 4.78 is 265. The number of carbonyl (C=O) groups is 2. The van der Waals surface area contributed by atoms with Gasteiger partial charge in [-0.05, 0) is 185 Å². The molecular formula is C62H56BBr3ClF8N11O16S6. The lowest BCUT2D eigenvalue weighted by atomic mass is 9.79. The number of H-pyrrole nitrogens is 2. The lowest BCUT2D eigenvalue weighted by molar-refractivity contribution is 0.00578. The van der Waals surface area contributed by atoms with Gasteiger partial charge in [0.15, 0.2) is 22.9 Å². The highest BCUT2D eigenvalue weighted by molar-refractivity contribution is 9.11. The minimum atomic E-state index is -4.15. The van der Waals surface area contributed by atoms with Crippen molar-refractivity contribution < 1.29 is 105 Å². The van der Waals surface area contributed by atoms with Crippen LogP contribution in [0.5, 0.6) is 0 Å². The first-order chi connectivity index (χ1) is 49.8. The summed E-state index contributed by atoms with van der Waals surface area (Å²) in [4.78, 5) is 32.7. The molecule has 0 unspecified atom stereocenters. The van der Waals surface area contributed by atoms with Crippen molar-refractivity contribution in [3.8, 4) is 11.1 Å². The lowest BCUT2D eigenvalue weighted by Crippen LogP contribution is -2.41. The molecular weight excluding hydrogens is 1790 g/mol. The van der Waals surface area contributed by atoms with Crippen molar-refractivity contribution >= 4 is 175 Å². The number of halogens is 12. The smallest absolute Gasteiger partial charge is 0.399 e. The molecule has 4 aromatic heterocycles. The first-order valence-electron chi connectivity index (χ1n) is 30.1. The molecule has 0 spiro atoms. The van der Waals surface area contributed by atoms with Crippen molar-refractivity contribution in [1.82, 2.24) is 30.4 Å². The van der Waals surface area contributed by atoms with Crippen molar-refractivity contribution in [3.63, 3.8) is 0 Å². The van der Waals surface area contributed by atoms with E-state index in [4.69, 9.17) is 35.4 Å². The Morgan fingerprint density at radius 1 is 0.500 bits per heavy atom. The molecule has 10 aromatic rings. The second-order valence-electron chi connectivity index (χ2n) is 23.5. The minimum absolute atomic E-state index is 0.0202. The molecule has 1 fully saturated rings. The Morgan fingerprint density at radius 2 is 0.880 bits per heavy atom. The summed E-state index contributed by atoms with van der Waals surface area (Å²) in [5, 5.41) is 27.4. The number of nitrogens with two attached hydrogens (primary N) is 3. The first-order valence-corrected chi connectivity index (χ1v) is 42.7. The zero-order chi connectivity index (χ0) is 80.9. The van der Waals surface area contributed by atoms with Crippen molar-refractivity contribution in [2.75, 3.05) is 20.9 Å². The van der Waals surface area contributed by atoms with Crippen molar-refractivity contribution in [1.29, 1.82) is 0 Å². The number of pyridine rings is 2. The van der Waals surface area contributed by atoms with Crippen LogP contribution >= 0.6 is 58.5 Å². The molecule has 5 heterocycles. The Bertz CT molecular complexity index is 5840. The Balaban J connectivity index is 0.000000201. The van der Waals surface area contributed by atoms with E-state index < -0.39 is 169 Å². The molecule has 0 amide bonds. The average molecular weight is 1840 g/mol. The van der Waals surface area contributed by atoms with Gasteiger partial charge in [-0.25, -0.2) is 111 Å². The van der Waals surface area contributed by atoms with E-state index in [1.807, 2.05) is 37.1 Å². The summed E-state index contributed by atoms with van der Waals surface area (Å²) in [5.41, 5.74) is -4.47. The molecule has 578 valence electrons. The van der Waals surface area contributed by atoms with Gasteiger partial charge in [-0.15, -0.1) is 0 Å². The van der Waals surface area contributed by atoms with Gasteiger partial charge in [0.05, 0.1) is 84.5 Å². The molecule has 0 atom stereocenters. The summed E-state index contributed by atoms with van der Waals surface area (Å²) in [6.07, 6.45) is 3.22. The lowest BCUT2D eigenvalue weighted by Gasteiger charge is -2.32. The third-order valence-electron chi connectivity index (χ3n) is 15.1. The van der Waals surface area contributed by atoms with E-state index in [1.165, 1.54) is 60.9 Å². The third-order valence-corrected chi connectivity index (χ3v) is 23.9. The number of aromatic nitrogens is 6. The number of benzene rings is 6. The average Bonchev–Trinajstić information content (AvgIpc) is 1.30. The third kappa shape index (κ3) is 21.6. The summed E-state index contributed by atoms with van der Waals surface area (Å²) in [5.74, 6) is -10.9. The van der Waals surface area contributed by atoms with Crippen LogP contribution in [-0.2, 0) is 68.5 Å². The molecule has 1 aliphatic heterocycles. The van der Waals surface area contributed by atoms with E-state index in [0.717, 1.165) is 54.6 Å². The highest BCUT2D eigenvalue weighted by atomic mass is 79.9. The quantitative estimate of drug-likeness (QED) is 0.0182. The predicted octanol–water partition coefficient (Wildman–Crippen LogP) is 11.0. The molecule has 10 N–H and O–H groups in total. The fraction of sp³-hybridized carbons (Fsp3) is 0.194. The molecule has 27 nitrogen and oxygen atoms in total. The maximum atomic E-state index is 15.1. The van der Waals surface area contributed by atoms with Crippen LogP contribution in [-0.4, -0.2) is 122 Å². The van der Waals surface area contributed by atoms with Crippen LogP contribution in [0.4, 0.5) is 46.5 Å². The second kappa shape index (κ2) is 34.2. The van der Waals surface area contributed by atoms with Crippen LogP contribution in [0, 0.1) is 46.5 Å². The van der Waals surface area contributed by atoms with Crippen LogP contribution in [0.25, 0.3) is 33.2 Å². The van der Waals surface area contributed by atoms with Gasteiger partial charge in [0, 0.05) is 44.1 Å². The summed E-state index contributed by atoms with van der Waals surface area (Å²) >= 11 is 8.97. The van der Waals surface area contributed by atoms with E-state index in [9.17, 15) is 90.8 Å². The van der Waals surface area contributed by atoms with Crippen LogP contribution in [0.2, 0.25) is 0 Å². The summed E-state index contributed by atoms with van der Waals surface area (Å²) in [6.45, 7) is 10.6. The van der Waals surface area contributed by atoms with Crippen molar-refractivity contribution in [2.45, 2.75) is 85.2 Å². The van der Waals surface area contributed by atoms with Gasteiger partial charge < -0.3 is 9.31 Å². The van der Waals surface area contributed by atoms with E-state index >= 15 is 4.39 Å². The standard InChI is InChI=1S/C22H18F3N5O5S2.C16H13BrF2N4O3S.C12H17BFNO4S.C6H3BrClFO2S.C6H5BrFNO2S/c1-2-7-36(32,33)30-17-6-5-15(23)18(19(17)25)21(31)20-14-8-11(10-27-22(14)29-28-20)13-4-3-12(9-16(13)24)37(26,34)35;1-2-5-27(25,26)23-11-4-3-10(18)12(13(11)19)15(24)14-9-6-8(17)7-20-16(9)22-21-14;1-11(2)12(3,4)19-13(18-11)9-6-5-8(7-10(9)14)20(15,16)17;7-5-2-1-4(3-6(5)9)12(8,10)11;7-5-2-1-4(3-6(5)8)12(9,10)11/h3-6,8-10,30H,2,7H2,1H3,(H2,26,34,35)(H,27,28,29);3-4,6-7,23H,2,5H2,1H3,(H,20,21,22);5-7H,1-4H3,(H2,15,16,17);1-3H;1-3H,(H2,9,10,11). The predicted molar refractivity (Wildman–Crippen MR) is 393 cm³/mol. The van der Waals surface area contributed by atoms with E-state index in [2.05, 4.69) is 78.2 Å². The fourth-order valence-corrected chi connectivity index (χ4v) is 14.6. The van der Waals surface area contributed by atoms with Crippen molar-refractivity contribution in [2.24, 2.45) is 15.4 Å². The molecule has 1 aliphatic rings. The number of hydrogen-bond acceptors (Lipinski definition) is 20. The number of primary sulfonamides is 3. The largest absolute Gasteiger partial charge is 0.497 e. The number of anilines is 2. The monoisotopic (exact) mass is 1840 g/mol. The normalized spacial score (nSPS) is 13.6. The van der Waals surface area contributed by atoms with Gasteiger partial charge in [0.25, 0.3) is 9.05 Å². The number of carbonyl (C=O) groups excluding carboxylic acids is 2. The minimum Gasteiger partial charge on any atom is -0.399 e. The number of rotatable bonds is 18. The van der Waals surface area contributed by atoms with Gasteiger partial charge in [0.1, 0.15) is 46.3 Å². The van der Waals surface area contributed by atoms with Crippen LogP contribution in [0.3, 0.4) is 0 Å². The number of aromatic amines is 2. The van der Waals surface area contributed by atoms with Gasteiger partial charge >= 0.3 is 7.12 Å². The Morgan fingerprint density at radius 3 is 1.28 bits per heavy atom. The number of nitrogens with zero attached hydrogens (tertiary/aromatic N) is 4. The molecule has 1 saturated heterocycles. The second-order valence-corrected chi connectivity index (χ2v) is 37.1. The molecule has 0 aliphatic carbocycles. The van der Waals surface area contributed by atoms with Crippen LogP contribution < -0.4 is 30.3 Å². The maximum absolute atomic E-state index is 15.1. The Hall–Kier alpha value is -7.77. The first kappa shape index (κ1) is 87.5. The summed E-state index contributed by atoms with van der Waals surface area (Å²) in [6, 6.07) is 19.2. The Labute approximate surface area is 641 Å². The summed E-state index contributed by atoms with van der Waals surface area (Å²) in [7, 11) is -19.4. The SMILES string of the molecule is CC1(C)OB(c2ccc(S(N)(=O)=O)cc2F)OC1(C)C.CCCS(=O)(=O)Nc1ccc(F)c(C(=O)c2[nH]nc3ncc(-c4ccc(S(N)(=O)=O)cc4F)cc23)c1F.CCCS(=O)(=O)Nc1ccc(F)c(C(=O)c2[nH]nc3ncc(Br)cc23)c1F.NS(=O)(=O)c1ccc(Br)c(F)c1.O=S(=O)(Cl)c1ccc(Br)c(F)c1. The number of fused-ring (bicyclic) bond motifs is 2. The van der Waals surface area contributed by atoms with Crippen LogP contribution in [0.15, 0.2) is 155 Å². The maximum Gasteiger partial charge on any atom is 0.497 e. The zero-order valence-corrected chi connectivity index (χ0v) is 66.4. The van der Waals surface area contributed by atoms with Crippen LogP contribution in [0.1, 0.15) is 86.5 Å². The van der Waals surface area contributed by atoms with Gasteiger partial charge in [-0.2, -0.15) is 10.2 Å². The van der Waals surface area contributed by atoms with E-state index in [-0.39, 0.29) is 85.9 Å². The molecule has 0 radical (unpaired) electrons. The number of ketones is 2. The molecule has 6 aromatic carbocycles. The van der Waals surface area contributed by atoms with E-state index in [1.54, 1.807) is 13.8 Å². The highest BCUT2D eigenvalue weighted by Gasteiger charge is 2.52. The highest BCUT2D eigenvalue weighted by Crippen LogP contribution is 2.38. The fourth-order valence-electron chi connectivity index (χ4n) is 9.21.